The molecule has 0 amide bonds. The first kappa shape index (κ1) is 37.8. The molecule has 37 heavy (non-hydrogen) atoms. The molecule has 222 valence electrons. The van der Waals surface area contributed by atoms with E-state index in [9.17, 15) is 0 Å². The predicted molar refractivity (Wildman–Crippen MR) is 174 cm³/mol. The average molecular weight is 626 g/mol. The third-order valence-electron chi connectivity index (χ3n) is 8.41. The van der Waals surface area contributed by atoms with Gasteiger partial charge < -0.3 is 0 Å². The Labute approximate surface area is 248 Å². The van der Waals surface area contributed by atoms with Crippen molar-refractivity contribution in [2.24, 2.45) is 0 Å². The SMILES string of the molecule is CCCCCCCCCCCCCCCCC[CH2][Sn][CH2]CCCCCCCCCCCCCCCCC. The molecule has 0 rings (SSSR count). The zero-order chi connectivity index (χ0) is 26.7. The maximum atomic E-state index is 2.31. The number of hydrogen-bond donors (Lipinski definition) is 0. The van der Waals surface area contributed by atoms with Crippen LogP contribution in [0.2, 0.25) is 8.87 Å². The first-order chi connectivity index (χ1) is 18.4. The van der Waals surface area contributed by atoms with Crippen LogP contribution >= 0.6 is 0 Å². The van der Waals surface area contributed by atoms with Crippen LogP contribution in [-0.4, -0.2) is 21.1 Å². The molecule has 0 aliphatic rings. The molecule has 1 heteroatoms. The van der Waals surface area contributed by atoms with Gasteiger partial charge in [0, 0.05) is 0 Å². The van der Waals surface area contributed by atoms with E-state index in [2.05, 4.69) is 13.8 Å². The predicted octanol–water partition coefficient (Wildman–Crippen LogP) is 14.1. The minimum atomic E-state index is 0.00985. The fraction of sp³-hybridized carbons (Fsp3) is 1.00. The van der Waals surface area contributed by atoms with E-state index in [0.717, 1.165) is 0 Å². The Hall–Kier alpha value is 0.799. The van der Waals surface area contributed by atoms with Crippen molar-refractivity contribution in [2.75, 3.05) is 0 Å². The Kier molecular flexibility index (Phi) is 37.6. The Morgan fingerprint density at radius 1 is 0.216 bits per heavy atom. The van der Waals surface area contributed by atoms with Crippen molar-refractivity contribution in [1.29, 1.82) is 0 Å². The summed E-state index contributed by atoms with van der Waals surface area (Å²) in [4.78, 5) is 0. The third-order valence-corrected chi connectivity index (χ3v) is 12.5. The second-order valence-corrected chi connectivity index (χ2v) is 16.6. The first-order valence-electron chi connectivity index (χ1n) is 18.1. The molecule has 0 aliphatic heterocycles. The van der Waals surface area contributed by atoms with Crippen LogP contribution in [0.3, 0.4) is 0 Å². The van der Waals surface area contributed by atoms with Crippen molar-refractivity contribution in [1.82, 2.24) is 0 Å². The van der Waals surface area contributed by atoms with Gasteiger partial charge in [0.1, 0.15) is 0 Å². The summed E-state index contributed by atoms with van der Waals surface area (Å²) in [6.07, 6.45) is 47.9. The van der Waals surface area contributed by atoms with Crippen molar-refractivity contribution in [3.63, 3.8) is 0 Å². The van der Waals surface area contributed by atoms with Crippen molar-refractivity contribution in [2.45, 2.75) is 228 Å². The molecule has 0 spiro atoms. The van der Waals surface area contributed by atoms with Gasteiger partial charge in [0.15, 0.2) is 0 Å². The van der Waals surface area contributed by atoms with Gasteiger partial charge in [0.05, 0.1) is 0 Å². The molecule has 0 aromatic heterocycles. The quantitative estimate of drug-likeness (QED) is 0.0493. The molecule has 0 saturated heterocycles. The summed E-state index contributed by atoms with van der Waals surface area (Å²) in [5, 5.41) is 0. The van der Waals surface area contributed by atoms with E-state index in [1.165, 1.54) is 193 Å². The van der Waals surface area contributed by atoms with Gasteiger partial charge in [-0.3, -0.25) is 0 Å². The topological polar surface area (TPSA) is 0 Å². The molecule has 0 fully saturated rings. The van der Waals surface area contributed by atoms with Crippen LogP contribution in [0.1, 0.15) is 219 Å². The molecule has 0 atom stereocenters. The molecule has 0 bridgehead atoms. The Morgan fingerprint density at radius 3 is 0.568 bits per heavy atom. The van der Waals surface area contributed by atoms with Crippen molar-refractivity contribution >= 4 is 21.1 Å². The summed E-state index contributed by atoms with van der Waals surface area (Å²) >= 11 is 0.00985. The van der Waals surface area contributed by atoms with Crippen LogP contribution < -0.4 is 0 Å². The zero-order valence-electron chi connectivity index (χ0n) is 26.5. The first-order valence-corrected chi connectivity index (χ1v) is 22.2. The van der Waals surface area contributed by atoms with E-state index >= 15 is 0 Å². The molecule has 0 heterocycles. The third kappa shape index (κ3) is 36.8. The molecule has 0 aromatic carbocycles. The monoisotopic (exact) mass is 626 g/mol. The maximum absolute atomic E-state index is 2.31. The van der Waals surface area contributed by atoms with Crippen LogP contribution in [0.25, 0.3) is 0 Å². The van der Waals surface area contributed by atoms with E-state index in [4.69, 9.17) is 0 Å². The van der Waals surface area contributed by atoms with Gasteiger partial charge in [-0.05, 0) is 0 Å². The summed E-state index contributed by atoms with van der Waals surface area (Å²) in [6, 6.07) is 0. The molecule has 2 radical (unpaired) electrons. The number of hydrogen-bond acceptors (Lipinski definition) is 0. The summed E-state index contributed by atoms with van der Waals surface area (Å²) in [7, 11) is 0. The van der Waals surface area contributed by atoms with Crippen LogP contribution in [-0.2, 0) is 0 Å². The van der Waals surface area contributed by atoms with Gasteiger partial charge >= 0.3 is 171 Å². The minimum absolute atomic E-state index is 0.00985. The Balaban J connectivity index is 3.00. The number of rotatable bonds is 34. The van der Waals surface area contributed by atoms with Gasteiger partial charge in [-0.2, -0.15) is 0 Å². The minimum Gasteiger partial charge on any atom is -0.0654 e. The van der Waals surface area contributed by atoms with Gasteiger partial charge in [0.2, 0.25) is 0 Å². The Morgan fingerprint density at radius 2 is 0.378 bits per heavy atom. The van der Waals surface area contributed by atoms with Gasteiger partial charge in [-0.1, -0.05) is 78.1 Å². The van der Waals surface area contributed by atoms with Crippen LogP contribution in [0.5, 0.6) is 0 Å². The van der Waals surface area contributed by atoms with Gasteiger partial charge in [-0.15, -0.1) is 0 Å². The second-order valence-electron chi connectivity index (χ2n) is 12.4. The normalized spacial score (nSPS) is 11.5. The second kappa shape index (κ2) is 36.8. The van der Waals surface area contributed by atoms with E-state index in [-0.39, 0.29) is 21.1 Å². The van der Waals surface area contributed by atoms with Crippen molar-refractivity contribution in [3.05, 3.63) is 0 Å². The number of unbranched alkanes of at least 4 members (excludes halogenated alkanes) is 30. The van der Waals surface area contributed by atoms with Crippen LogP contribution in [0.15, 0.2) is 0 Å². The van der Waals surface area contributed by atoms with Crippen LogP contribution in [0.4, 0.5) is 0 Å². The standard InChI is InChI=1S/2C18H37.Sn/c2*1-3-5-7-9-11-13-15-17-18-16-14-12-10-8-6-4-2;/h2*1,3-18H2,2H3;. The molecular formula is C36H74Sn. The summed E-state index contributed by atoms with van der Waals surface area (Å²) < 4.78 is 3.33. The van der Waals surface area contributed by atoms with Gasteiger partial charge in [-0.25, -0.2) is 0 Å². The molecule has 0 aliphatic carbocycles. The smallest absolute Gasteiger partial charge is 0.0654 e. The van der Waals surface area contributed by atoms with E-state index in [0.29, 0.717) is 0 Å². The zero-order valence-corrected chi connectivity index (χ0v) is 29.4. The summed E-state index contributed by atoms with van der Waals surface area (Å²) in [5.41, 5.74) is 0. The van der Waals surface area contributed by atoms with Crippen molar-refractivity contribution in [3.8, 4) is 0 Å². The van der Waals surface area contributed by atoms with E-state index < -0.39 is 0 Å². The molecule has 0 saturated carbocycles. The molecule has 0 unspecified atom stereocenters. The van der Waals surface area contributed by atoms with E-state index in [1.807, 2.05) is 0 Å². The fourth-order valence-electron chi connectivity index (χ4n) is 5.72. The van der Waals surface area contributed by atoms with E-state index in [1.54, 1.807) is 21.7 Å². The van der Waals surface area contributed by atoms with Gasteiger partial charge in [0.25, 0.3) is 0 Å². The molecular weight excluding hydrogens is 551 g/mol. The van der Waals surface area contributed by atoms with Crippen molar-refractivity contribution < 1.29 is 0 Å². The average Bonchev–Trinajstić information content (AvgIpc) is 2.91. The molecule has 0 nitrogen and oxygen atoms in total. The molecule has 0 N–H and O–H groups in total. The summed E-state index contributed by atoms with van der Waals surface area (Å²) in [5.74, 6) is 0. The molecule has 0 aromatic rings. The fourth-order valence-corrected chi connectivity index (χ4v) is 9.29. The summed E-state index contributed by atoms with van der Waals surface area (Å²) in [6.45, 7) is 4.62. The Bertz CT molecular complexity index is 332. The van der Waals surface area contributed by atoms with Crippen LogP contribution in [0, 0.1) is 0 Å².